The van der Waals surface area contributed by atoms with E-state index in [0.29, 0.717) is 16.6 Å². The second-order valence-electron chi connectivity index (χ2n) is 5.11. The lowest BCUT2D eigenvalue weighted by Crippen LogP contribution is -2.13. The summed E-state index contributed by atoms with van der Waals surface area (Å²) in [7, 11) is -3.77. The van der Waals surface area contributed by atoms with E-state index in [2.05, 4.69) is 18.6 Å². The molecular formula is C16H17Cl2NO2S. The molecule has 0 aliphatic heterocycles. The number of hydrogen-bond acceptors (Lipinski definition) is 2. The first-order valence-electron chi connectivity index (χ1n) is 6.91. The van der Waals surface area contributed by atoms with Gasteiger partial charge in [-0.15, -0.1) is 0 Å². The molecule has 0 aromatic heterocycles. The van der Waals surface area contributed by atoms with E-state index in [9.17, 15) is 8.42 Å². The van der Waals surface area contributed by atoms with E-state index >= 15 is 0 Å². The van der Waals surface area contributed by atoms with Crippen LogP contribution in [-0.2, 0) is 10.0 Å². The van der Waals surface area contributed by atoms with Crippen LogP contribution in [0, 0.1) is 0 Å². The molecule has 22 heavy (non-hydrogen) atoms. The van der Waals surface area contributed by atoms with Crippen molar-refractivity contribution in [1.82, 2.24) is 0 Å². The highest BCUT2D eigenvalue weighted by Crippen LogP contribution is 2.27. The first-order chi connectivity index (χ1) is 10.3. The number of nitrogens with one attached hydrogen (secondary N) is 1. The van der Waals surface area contributed by atoms with Crippen molar-refractivity contribution in [3.63, 3.8) is 0 Å². The van der Waals surface area contributed by atoms with Gasteiger partial charge in [0.25, 0.3) is 10.0 Å². The molecule has 0 bridgehead atoms. The predicted molar refractivity (Wildman–Crippen MR) is 92.4 cm³/mol. The Morgan fingerprint density at radius 3 is 2.32 bits per heavy atom. The Morgan fingerprint density at radius 2 is 1.73 bits per heavy atom. The summed E-state index contributed by atoms with van der Waals surface area (Å²) in [4.78, 5) is -0.0346. The second-order valence-corrected chi connectivity index (χ2v) is 7.61. The van der Waals surface area contributed by atoms with Crippen LogP contribution in [0.15, 0.2) is 47.4 Å². The maximum absolute atomic E-state index is 12.4. The van der Waals surface area contributed by atoms with Crippen molar-refractivity contribution >= 4 is 38.9 Å². The highest BCUT2D eigenvalue weighted by atomic mass is 35.5. The third kappa shape index (κ3) is 3.94. The van der Waals surface area contributed by atoms with Gasteiger partial charge < -0.3 is 0 Å². The van der Waals surface area contributed by atoms with E-state index in [-0.39, 0.29) is 9.92 Å². The highest BCUT2D eigenvalue weighted by Gasteiger charge is 2.18. The Hall–Kier alpha value is -1.23. The molecule has 2 aromatic rings. The standard InChI is InChI=1S/C16H17Cl2NO2S/c1-3-11(2)12-4-7-14(8-5-12)19-22(20,21)16-10-13(17)6-9-15(16)18/h4-11,19H,3H2,1-2H3/t11-/m0/s1. The number of sulfonamides is 1. The minimum absolute atomic E-state index is 0.0346. The van der Waals surface area contributed by atoms with Gasteiger partial charge in [-0.3, -0.25) is 4.72 Å². The van der Waals surface area contributed by atoms with E-state index in [1.165, 1.54) is 17.7 Å². The lowest BCUT2D eigenvalue weighted by Gasteiger charge is -2.12. The number of rotatable bonds is 5. The van der Waals surface area contributed by atoms with Gasteiger partial charge in [0.05, 0.1) is 5.02 Å². The molecule has 3 nitrogen and oxygen atoms in total. The SMILES string of the molecule is CC[C@H](C)c1ccc(NS(=O)(=O)c2cc(Cl)ccc2Cl)cc1. The third-order valence-electron chi connectivity index (χ3n) is 3.53. The van der Waals surface area contributed by atoms with Crippen LogP contribution >= 0.6 is 23.2 Å². The molecule has 0 aliphatic carbocycles. The molecule has 2 aromatic carbocycles. The van der Waals surface area contributed by atoms with Gasteiger partial charge in [0, 0.05) is 10.7 Å². The Kier molecular flexibility index (Phi) is 5.37. The molecule has 0 spiro atoms. The number of anilines is 1. The Bertz CT molecular complexity index is 758. The molecule has 0 radical (unpaired) electrons. The van der Waals surface area contributed by atoms with Crippen LogP contribution in [0.4, 0.5) is 5.69 Å². The van der Waals surface area contributed by atoms with Crippen molar-refractivity contribution in [3.8, 4) is 0 Å². The van der Waals surface area contributed by atoms with E-state index in [0.717, 1.165) is 6.42 Å². The number of halogens is 2. The Morgan fingerprint density at radius 1 is 1.09 bits per heavy atom. The normalized spacial score (nSPS) is 12.9. The highest BCUT2D eigenvalue weighted by molar-refractivity contribution is 7.92. The fourth-order valence-corrected chi connectivity index (χ4v) is 3.83. The molecule has 2 rings (SSSR count). The predicted octanol–water partition coefficient (Wildman–Crippen LogP) is 5.31. The van der Waals surface area contributed by atoms with Gasteiger partial charge in [0.1, 0.15) is 4.90 Å². The molecule has 0 aliphatic rings. The van der Waals surface area contributed by atoms with Gasteiger partial charge >= 0.3 is 0 Å². The van der Waals surface area contributed by atoms with Crippen molar-refractivity contribution in [3.05, 3.63) is 58.1 Å². The smallest absolute Gasteiger partial charge is 0.263 e. The molecule has 118 valence electrons. The van der Waals surface area contributed by atoms with Crippen LogP contribution in [0.3, 0.4) is 0 Å². The van der Waals surface area contributed by atoms with Crippen molar-refractivity contribution in [1.29, 1.82) is 0 Å². The lowest BCUT2D eigenvalue weighted by molar-refractivity contribution is 0.601. The largest absolute Gasteiger partial charge is 0.280 e. The van der Waals surface area contributed by atoms with Crippen molar-refractivity contribution in [2.75, 3.05) is 4.72 Å². The van der Waals surface area contributed by atoms with Crippen molar-refractivity contribution in [2.24, 2.45) is 0 Å². The topological polar surface area (TPSA) is 46.2 Å². The molecular weight excluding hydrogens is 341 g/mol. The first kappa shape index (κ1) is 17.1. The zero-order chi connectivity index (χ0) is 16.3. The quantitative estimate of drug-likeness (QED) is 0.788. The van der Waals surface area contributed by atoms with Crippen LogP contribution in [0.2, 0.25) is 10.0 Å². The summed E-state index contributed by atoms with van der Waals surface area (Å²) in [6, 6.07) is 11.7. The van der Waals surface area contributed by atoms with Gasteiger partial charge in [-0.25, -0.2) is 8.42 Å². The molecule has 0 saturated carbocycles. The lowest BCUT2D eigenvalue weighted by atomic mass is 9.99. The summed E-state index contributed by atoms with van der Waals surface area (Å²) >= 11 is 11.8. The number of benzene rings is 2. The minimum atomic E-state index is -3.77. The van der Waals surface area contributed by atoms with E-state index in [1.54, 1.807) is 18.2 Å². The molecule has 0 heterocycles. The van der Waals surface area contributed by atoms with E-state index < -0.39 is 10.0 Å². The summed E-state index contributed by atoms with van der Waals surface area (Å²) in [5.74, 6) is 0.438. The molecule has 0 saturated heterocycles. The molecule has 0 fully saturated rings. The summed E-state index contributed by atoms with van der Waals surface area (Å²) in [5, 5.41) is 0.449. The first-order valence-corrected chi connectivity index (χ1v) is 9.15. The van der Waals surface area contributed by atoms with Crippen molar-refractivity contribution in [2.45, 2.75) is 31.1 Å². The zero-order valence-electron chi connectivity index (χ0n) is 12.3. The third-order valence-corrected chi connectivity index (χ3v) is 5.63. The summed E-state index contributed by atoms with van der Waals surface area (Å²) in [5.41, 5.74) is 1.66. The second kappa shape index (κ2) is 6.90. The zero-order valence-corrected chi connectivity index (χ0v) is 14.6. The monoisotopic (exact) mass is 357 g/mol. The van der Waals surface area contributed by atoms with Crippen LogP contribution in [0.25, 0.3) is 0 Å². The van der Waals surface area contributed by atoms with Gasteiger partial charge in [-0.2, -0.15) is 0 Å². The fraction of sp³-hybridized carbons (Fsp3) is 0.250. The molecule has 0 unspecified atom stereocenters. The van der Waals surface area contributed by atoms with Gasteiger partial charge in [0.2, 0.25) is 0 Å². The Labute approximate surface area is 141 Å². The maximum Gasteiger partial charge on any atom is 0.263 e. The number of hydrogen-bond donors (Lipinski definition) is 1. The van der Waals surface area contributed by atoms with Crippen LogP contribution in [0.5, 0.6) is 0 Å². The van der Waals surface area contributed by atoms with Crippen LogP contribution in [0.1, 0.15) is 31.7 Å². The summed E-state index contributed by atoms with van der Waals surface area (Å²) < 4.78 is 27.3. The van der Waals surface area contributed by atoms with E-state index in [4.69, 9.17) is 23.2 Å². The maximum atomic E-state index is 12.4. The van der Waals surface area contributed by atoms with Gasteiger partial charge in [-0.05, 0) is 48.2 Å². The molecule has 1 N–H and O–H groups in total. The van der Waals surface area contributed by atoms with Crippen LogP contribution < -0.4 is 4.72 Å². The summed E-state index contributed by atoms with van der Waals surface area (Å²) in [6.45, 7) is 4.24. The fourth-order valence-electron chi connectivity index (χ4n) is 2.01. The summed E-state index contributed by atoms with van der Waals surface area (Å²) in [6.07, 6.45) is 1.03. The average molecular weight is 358 g/mol. The average Bonchev–Trinajstić information content (AvgIpc) is 2.49. The van der Waals surface area contributed by atoms with Gasteiger partial charge in [-0.1, -0.05) is 49.2 Å². The van der Waals surface area contributed by atoms with E-state index in [1.807, 2.05) is 12.1 Å². The molecule has 6 heteroatoms. The van der Waals surface area contributed by atoms with Crippen molar-refractivity contribution < 1.29 is 8.42 Å². The minimum Gasteiger partial charge on any atom is -0.280 e. The van der Waals surface area contributed by atoms with Gasteiger partial charge in [0.15, 0.2) is 0 Å². The molecule has 1 atom stereocenters. The van der Waals surface area contributed by atoms with Crippen LogP contribution in [-0.4, -0.2) is 8.42 Å². The molecule has 0 amide bonds. The Balaban J connectivity index is 2.27.